The summed E-state index contributed by atoms with van der Waals surface area (Å²) in [5.74, 6) is -0.276. The number of hydrogen-bond acceptors (Lipinski definition) is 6. The van der Waals surface area contributed by atoms with Crippen molar-refractivity contribution in [1.82, 2.24) is 25.4 Å². The standard InChI is InChI=1S/C24H27N5O5/c1-4-34-16-9-7-15(8-10-16)21(30)27-28-22(31)17-11-18(14-5-6-14)25-20-19(17)23(32)26-24(33)29(20)12-13(2)3/h7-11,13-14H,4-6,12H2,1-3H3,(H,27,30)(H,28,31)(H,26,32,33). The van der Waals surface area contributed by atoms with Crippen LogP contribution >= 0.6 is 0 Å². The number of ether oxygens (including phenoxy) is 1. The summed E-state index contributed by atoms with van der Waals surface area (Å²) in [6.45, 7) is 6.59. The molecule has 0 aliphatic heterocycles. The molecular weight excluding hydrogens is 438 g/mol. The average molecular weight is 466 g/mol. The lowest BCUT2D eigenvalue weighted by Gasteiger charge is -2.15. The van der Waals surface area contributed by atoms with Gasteiger partial charge in [-0.2, -0.15) is 0 Å². The second kappa shape index (κ2) is 9.50. The Morgan fingerprint density at radius 1 is 1.15 bits per heavy atom. The Balaban J connectivity index is 1.66. The van der Waals surface area contributed by atoms with Crippen LogP contribution < -0.4 is 26.8 Å². The van der Waals surface area contributed by atoms with Gasteiger partial charge in [0.2, 0.25) is 0 Å². The zero-order valence-corrected chi connectivity index (χ0v) is 19.3. The summed E-state index contributed by atoms with van der Waals surface area (Å²) in [6, 6.07) is 8.04. The van der Waals surface area contributed by atoms with E-state index in [2.05, 4.69) is 20.8 Å². The Bertz CT molecular complexity index is 1350. The van der Waals surface area contributed by atoms with E-state index in [0.29, 0.717) is 30.2 Å². The number of fused-ring (bicyclic) bond motifs is 1. The highest BCUT2D eigenvalue weighted by Crippen LogP contribution is 2.39. The maximum atomic E-state index is 13.1. The van der Waals surface area contributed by atoms with E-state index in [-0.39, 0.29) is 28.4 Å². The van der Waals surface area contributed by atoms with Gasteiger partial charge < -0.3 is 4.74 Å². The minimum atomic E-state index is -0.696. The fourth-order valence-corrected chi connectivity index (χ4v) is 3.72. The number of aromatic nitrogens is 3. The van der Waals surface area contributed by atoms with Crippen LogP contribution in [0.1, 0.15) is 65.9 Å². The molecule has 1 fully saturated rings. The number of carbonyl (C=O) groups excluding carboxylic acids is 2. The maximum Gasteiger partial charge on any atom is 0.330 e. The largest absolute Gasteiger partial charge is 0.494 e. The monoisotopic (exact) mass is 465 g/mol. The van der Waals surface area contributed by atoms with Gasteiger partial charge in [0.05, 0.1) is 17.6 Å². The quantitative estimate of drug-likeness (QED) is 0.457. The summed E-state index contributed by atoms with van der Waals surface area (Å²) in [6.07, 6.45) is 1.84. The number of rotatable bonds is 7. The lowest BCUT2D eigenvalue weighted by Crippen LogP contribution is -2.42. The molecule has 0 atom stereocenters. The van der Waals surface area contributed by atoms with Gasteiger partial charge in [-0.05, 0) is 56.0 Å². The third-order valence-corrected chi connectivity index (χ3v) is 5.47. The van der Waals surface area contributed by atoms with Crippen molar-refractivity contribution >= 4 is 22.8 Å². The molecule has 10 heteroatoms. The summed E-state index contributed by atoms with van der Waals surface area (Å²) < 4.78 is 6.75. The number of benzene rings is 1. The summed E-state index contributed by atoms with van der Waals surface area (Å²) >= 11 is 0. The molecule has 0 saturated heterocycles. The van der Waals surface area contributed by atoms with Gasteiger partial charge in [-0.15, -0.1) is 0 Å². The Morgan fingerprint density at radius 2 is 1.82 bits per heavy atom. The lowest BCUT2D eigenvalue weighted by molar-refractivity contribution is 0.0847. The Morgan fingerprint density at radius 3 is 2.44 bits per heavy atom. The maximum absolute atomic E-state index is 13.1. The molecule has 1 aromatic carbocycles. The van der Waals surface area contributed by atoms with Crippen LogP contribution in [0, 0.1) is 5.92 Å². The van der Waals surface area contributed by atoms with E-state index in [4.69, 9.17) is 4.74 Å². The molecule has 2 amide bonds. The van der Waals surface area contributed by atoms with Crippen molar-refractivity contribution in [2.45, 2.75) is 46.1 Å². The van der Waals surface area contributed by atoms with Gasteiger partial charge in [0.25, 0.3) is 17.4 Å². The lowest BCUT2D eigenvalue weighted by atomic mass is 10.1. The van der Waals surface area contributed by atoms with Gasteiger partial charge in [-0.25, -0.2) is 9.78 Å². The van der Waals surface area contributed by atoms with Crippen molar-refractivity contribution in [2.75, 3.05) is 6.61 Å². The Kier molecular flexibility index (Phi) is 6.49. The SMILES string of the molecule is CCOc1ccc(C(=O)NNC(=O)c2cc(C3CC3)nc3c2c(=O)[nH]c(=O)n3CC(C)C)cc1. The number of aromatic amines is 1. The van der Waals surface area contributed by atoms with Gasteiger partial charge in [0.1, 0.15) is 5.75 Å². The minimum Gasteiger partial charge on any atom is -0.494 e. The highest BCUT2D eigenvalue weighted by molar-refractivity contribution is 6.06. The fraction of sp³-hybridized carbons (Fsp3) is 0.375. The molecule has 10 nitrogen and oxygen atoms in total. The molecule has 1 aliphatic carbocycles. The minimum absolute atomic E-state index is 0.0115. The molecule has 2 aromatic heterocycles. The number of carbonyl (C=O) groups is 2. The van der Waals surface area contributed by atoms with Gasteiger partial charge in [0.15, 0.2) is 5.65 Å². The number of H-pyrrole nitrogens is 1. The molecule has 3 N–H and O–H groups in total. The number of nitrogens with one attached hydrogen (secondary N) is 3. The van der Waals surface area contributed by atoms with Crippen LogP contribution in [-0.4, -0.2) is 33.0 Å². The highest BCUT2D eigenvalue weighted by Gasteiger charge is 2.29. The van der Waals surface area contributed by atoms with Gasteiger partial charge in [-0.1, -0.05) is 13.8 Å². The second-order valence-electron chi connectivity index (χ2n) is 8.70. The molecular formula is C24H27N5O5. The van der Waals surface area contributed by atoms with Gasteiger partial charge in [0, 0.05) is 23.7 Å². The van der Waals surface area contributed by atoms with Gasteiger partial charge in [-0.3, -0.25) is 34.8 Å². The molecule has 1 aliphatic rings. The number of amides is 2. The Hall–Kier alpha value is -3.95. The highest BCUT2D eigenvalue weighted by atomic mass is 16.5. The van der Waals surface area contributed by atoms with Crippen molar-refractivity contribution in [3.63, 3.8) is 0 Å². The molecule has 0 spiro atoms. The van der Waals surface area contributed by atoms with Crippen LogP contribution in [0.15, 0.2) is 39.9 Å². The van der Waals surface area contributed by atoms with Gasteiger partial charge >= 0.3 is 5.69 Å². The van der Waals surface area contributed by atoms with Crippen molar-refractivity contribution in [2.24, 2.45) is 5.92 Å². The normalized spacial score (nSPS) is 13.2. The van der Waals surface area contributed by atoms with Crippen molar-refractivity contribution in [3.8, 4) is 5.75 Å². The fourth-order valence-electron chi connectivity index (χ4n) is 3.72. The van der Waals surface area contributed by atoms with E-state index in [0.717, 1.165) is 12.8 Å². The van der Waals surface area contributed by atoms with E-state index in [1.54, 1.807) is 30.3 Å². The number of pyridine rings is 1. The van der Waals surface area contributed by atoms with Crippen molar-refractivity contribution in [1.29, 1.82) is 0 Å². The third-order valence-electron chi connectivity index (χ3n) is 5.47. The predicted molar refractivity (Wildman–Crippen MR) is 126 cm³/mol. The van der Waals surface area contributed by atoms with Crippen LogP contribution in [0.2, 0.25) is 0 Å². The van der Waals surface area contributed by atoms with E-state index >= 15 is 0 Å². The van der Waals surface area contributed by atoms with E-state index < -0.39 is 23.1 Å². The van der Waals surface area contributed by atoms with Crippen LogP contribution in [0.3, 0.4) is 0 Å². The summed E-state index contributed by atoms with van der Waals surface area (Å²) in [5.41, 5.74) is 4.70. The first kappa shape index (κ1) is 23.2. The topological polar surface area (TPSA) is 135 Å². The van der Waals surface area contributed by atoms with E-state index in [1.807, 2.05) is 20.8 Å². The molecule has 0 radical (unpaired) electrons. The van der Waals surface area contributed by atoms with Crippen LogP contribution in [-0.2, 0) is 6.54 Å². The molecule has 0 bridgehead atoms. The van der Waals surface area contributed by atoms with Crippen LogP contribution in [0.25, 0.3) is 11.0 Å². The number of hydrogen-bond donors (Lipinski definition) is 3. The average Bonchev–Trinajstić information content (AvgIpc) is 3.65. The van der Waals surface area contributed by atoms with E-state index in [9.17, 15) is 19.2 Å². The predicted octanol–water partition coefficient (Wildman–Crippen LogP) is 2.09. The van der Waals surface area contributed by atoms with Crippen LogP contribution in [0.5, 0.6) is 5.75 Å². The molecule has 2 heterocycles. The molecule has 4 rings (SSSR count). The second-order valence-corrected chi connectivity index (χ2v) is 8.70. The number of hydrazine groups is 1. The Labute approximate surface area is 195 Å². The summed E-state index contributed by atoms with van der Waals surface area (Å²) in [7, 11) is 0. The smallest absolute Gasteiger partial charge is 0.330 e. The number of nitrogens with zero attached hydrogens (tertiary/aromatic N) is 2. The first-order valence-corrected chi connectivity index (χ1v) is 11.3. The molecule has 3 aromatic rings. The molecule has 34 heavy (non-hydrogen) atoms. The molecule has 178 valence electrons. The van der Waals surface area contributed by atoms with E-state index in [1.165, 1.54) is 4.57 Å². The van der Waals surface area contributed by atoms with Crippen LogP contribution in [0.4, 0.5) is 0 Å². The first-order chi connectivity index (χ1) is 16.3. The van der Waals surface area contributed by atoms with Crippen molar-refractivity contribution in [3.05, 3.63) is 68.0 Å². The third kappa shape index (κ3) is 4.85. The zero-order valence-electron chi connectivity index (χ0n) is 19.3. The first-order valence-electron chi connectivity index (χ1n) is 11.3. The zero-order chi connectivity index (χ0) is 24.4. The summed E-state index contributed by atoms with van der Waals surface area (Å²) in [4.78, 5) is 57.7. The van der Waals surface area contributed by atoms with Crippen molar-refractivity contribution < 1.29 is 14.3 Å². The molecule has 1 saturated carbocycles. The molecule has 0 unspecified atom stereocenters. The summed E-state index contributed by atoms with van der Waals surface area (Å²) in [5, 5.41) is 0.0115.